The maximum atomic E-state index is 4.54. The second-order valence-electron chi connectivity index (χ2n) is 4.45. The Labute approximate surface area is 121 Å². The molecule has 3 heteroatoms. The molecular formula is C9H24KN2-. The van der Waals surface area contributed by atoms with E-state index in [2.05, 4.69) is 46.9 Å². The first-order chi connectivity index (χ1) is 3.71. The van der Waals surface area contributed by atoms with Crippen LogP contribution in [0.3, 0.4) is 0 Å². The van der Waals surface area contributed by atoms with Gasteiger partial charge in [-0.1, -0.05) is 49.0 Å². The van der Waals surface area contributed by atoms with Gasteiger partial charge in [0.05, 0.1) is 0 Å². The fraction of sp³-hybridized carbons (Fsp3) is 1.00. The number of hydrogen-bond acceptors (Lipinski definition) is 0. The largest absolute Gasteiger partial charge is 1.00 e. The molecule has 0 heterocycles. The third kappa shape index (κ3) is 22.6. The number of hydrogen-bond donors (Lipinski definition) is 0. The van der Waals surface area contributed by atoms with Gasteiger partial charge in [-0.15, -0.1) is 11.1 Å². The molecule has 0 aromatic heterocycles. The Hall–Kier alpha value is 1.56. The van der Waals surface area contributed by atoms with E-state index in [0.717, 1.165) is 0 Å². The van der Waals surface area contributed by atoms with Crippen molar-refractivity contribution in [1.82, 2.24) is 0 Å². The van der Waals surface area contributed by atoms with Gasteiger partial charge >= 0.3 is 51.4 Å². The molecule has 0 aromatic carbocycles. The van der Waals surface area contributed by atoms with E-state index in [9.17, 15) is 0 Å². The Morgan fingerprint density at radius 2 is 0.917 bits per heavy atom. The minimum absolute atomic E-state index is 0. The van der Waals surface area contributed by atoms with Crippen molar-refractivity contribution in [1.29, 1.82) is 0 Å². The Kier molecular flexibility index (Phi) is 15.4. The average Bonchev–Trinajstić information content (AvgIpc) is 1.14. The van der Waals surface area contributed by atoms with Crippen LogP contribution >= 0.6 is 0 Å². The zero-order valence-corrected chi connectivity index (χ0v) is 12.1. The molecule has 2 nitrogen and oxygen atoms in total. The van der Waals surface area contributed by atoms with E-state index in [1.165, 1.54) is 0 Å². The van der Waals surface area contributed by atoms with Gasteiger partial charge in [-0.3, -0.25) is 0 Å². The molecule has 0 atom stereocenters. The summed E-state index contributed by atoms with van der Waals surface area (Å²) in [5, 5.41) is 4.54. The number of rotatable bonds is 0. The van der Waals surface area contributed by atoms with E-state index in [0.29, 0.717) is 0 Å². The first-order valence-corrected chi connectivity index (χ1v) is 3.45. The van der Waals surface area contributed by atoms with Crippen LogP contribution in [0, 0.1) is 0 Å². The van der Waals surface area contributed by atoms with Crippen molar-refractivity contribution in [3.63, 3.8) is 0 Å². The van der Waals surface area contributed by atoms with Crippen LogP contribution in [0.5, 0.6) is 0 Å². The van der Waals surface area contributed by atoms with E-state index in [1.807, 2.05) is 0 Å². The van der Waals surface area contributed by atoms with Crippen LogP contribution in [-0.4, -0.2) is 11.1 Å². The van der Waals surface area contributed by atoms with Crippen molar-refractivity contribution in [3.05, 3.63) is 11.5 Å². The summed E-state index contributed by atoms with van der Waals surface area (Å²) in [5.74, 6) is 0. The van der Waals surface area contributed by atoms with Crippen LogP contribution in [0.25, 0.3) is 11.5 Å². The van der Waals surface area contributed by atoms with Gasteiger partial charge in [0.1, 0.15) is 0 Å². The molecule has 0 amide bonds. The van der Waals surface area contributed by atoms with Gasteiger partial charge in [0, 0.05) is 0 Å². The van der Waals surface area contributed by atoms with Crippen LogP contribution in [-0.2, 0) is 0 Å². The predicted octanol–water partition coefficient (Wildman–Crippen LogP) is 1.31. The Balaban J connectivity index is -0.000000107. The van der Waals surface area contributed by atoms with Crippen molar-refractivity contribution < 1.29 is 51.4 Å². The molecule has 0 unspecified atom stereocenters. The Morgan fingerprint density at radius 3 is 0.917 bits per heavy atom. The van der Waals surface area contributed by atoms with Crippen LogP contribution < -0.4 is 51.4 Å². The first kappa shape index (κ1) is 23.4. The minimum atomic E-state index is 0. The maximum Gasteiger partial charge on any atom is 1.00 e. The monoisotopic (exact) mass is 199 g/mol. The fourth-order valence-electron chi connectivity index (χ4n) is 1.01. The molecule has 0 rings (SSSR count). The zero-order valence-electron chi connectivity index (χ0n) is 9.02. The van der Waals surface area contributed by atoms with E-state index in [-0.39, 0.29) is 76.0 Å². The van der Waals surface area contributed by atoms with Crippen molar-refractivity contribution in [2.24, 2.45) is 0 Å². The van der Waals surface area contributed by atoms with Gasteiger partial charge in [-0.2, -0.15) is 0 Å². The van der Waals surface area contributed by atoms with Crippen molar-refractivity contribution >= 4 is 0 Å². The summed E-state index contributed by atoms with van der Waals surface area (Å²) in [6.45, 7) is 12.7. The maximum absolute atomic E-state index is 4.54. The standard InChI is InChI=1S/C8H18N.CH4.K.H2N/c1-7(2,3)9-8(4,5)6;;;/h1-6H3;1H4;;1H2/q-1;;+1;-1. The summed E-state index contributed by atoms with van der Waals surface area (Å²) < 4.78 is 0. The molecule has 0 aliphatic rings. The second kappa shape index (κ2) is 7.91. The molecule has 0 aliphatic carbocycles. The van der Waals surface area contributed by atoms with Crippen molar-refractivity contribution in [3.8, 4) is 0 Å². The summed E-state index contributed by atoms with van der Waals surface area (Å²) in [5.41, 5.74) is 0.219. The van der Waals surface area contributed by atoms with E-state index < -0.39 is 0 Å². The minimum Gasteiger partial charge on any atom is -0.693 e. The van der Waals surface area contributed by atoms with Crippen LogP contribution in [0.4, 0.5) is 0 Å². The molecule has 72 valence electrons. The Morgan fingerprint density at radius 1 is 0.750 bits per heavy atom. The summed E-state index contributed by atoms with van der Waals surface area (Å²) in [6, 6.07) is 0. The molecule has 0 saturated carbocycles. The Bertz CT molecular complexity index is 77.7. The second-order valence-corrected chi connectivity index (χ2v) is 4.45. The predicted molar refractivity (Wildman–Crippen MR) is 54.9 cm³/mol. The fourth-order valence-corrected chi connectivity index (χ4v) is 1.01. The molecule has 0 fully saturated rings. The summed E-state index contributed by atoms with van der Waals surface area (Å²) in [4.78, 5) is 0. The third-order valence-electron chi connectivity index (χ3n) is 0.671. The summed E-state index contributed by atoms with van der Waals surface area (Å²) in [7, 11) is 0. The van der Waals surface area contributed by atoms with Gasteiger partial charge in [0.2, 0.25) is 0 Å². The quantitative estimate of drug-likeness (QED) is 0.528. The van der Waals surface area contributed by atoms with Gasteiger partial charge in [-0.25, -0.2) is 0 Å². The molecule has 0 saturated heterocycles. The summed E-state index contributed by atoms with van der Waals surface area (Å²) >= 11 is 0. The molecule has 0 spiro atoms. The van der Waals surface area contributed by atoms with Crippen LogP contribution in [0.1, 0.15) is 49.0 Å². The molecule has 12 heavy (non-hydrogen) atoms. The molecule has 0 aromatic rings. The van der Waals surface area contributed by atoms with Crippen LogP contribution in [0.15, 0.2) is 0 Å². The van der Waals surface area contributed by atoms with E-state index in [4.69, 9.17) is 0 Å². The van der Waals surface area contributed by atoms with Gasteiger partial charge in [0.25, 0.3) is 0 Å². The topological polar surface area (TPSA) is 47.6 Å². The SMILES string of the molecule is C.CC(C)(C)[N-]C(C)(C)C.[K+].[NH2-]. The third-order valence-corrected chi connectivity index (χ3v) is 0.671. The number of nitrogens with zero attached hydrogens (tertiary/aromatic N) is 1. The van der Waals surface area contributed by atoms with E-state index >= 15 is 0 Å². The normalized spacial score (nSPS) is 10.5. The smallest absolute Gasteiger partial charge is 0.693 e. The van der Waals surface area contributed by atoms with Crippen LogP contribution in [0.2, 0.25) is 0 Å². The van der Waals surface area contributed by atoms with Gasteiger partial charge < -0.3 is 11.5 Å². The van der Waals surface area contributed by atoms with Crippen molar-refractivity contribution in [2.45, 2.75) is 60.0 Å². The van der Waals surface area contributed by atoms with Gasteiger partial charge in [-0.05, 0) is 0 Å². The van der Waals surface area contributed by atoms with Gasteiger partial charge in [0.15, 0.2) is 0 Å². The molecule has 2 N–H and O–H groups in total. The molecule has 0 radical (unpaired) electrons. The zero-order chi connectivity index (χ0) is 7.71. The number of nitrogens with two attached hydrogens (primary N) is 1. The summed E-state index contributed by atoms with van der Waals surface area (Å²) in [6.07, 6.45) is 0. The molecule has 0 aliphatic heterocycles. The molecular weight excluding hydrogens is 175 g/mol. The van der Waals surface area contributed by atoms with E-state index in [1.54, 1.807) is 0 Å². The molecule has 0 bridgehead atoms. The average molecular weight is 199 g/mol. The van der Waals surface area contributed by atoms with Crippen molar-refractivity contribution in [2.75, 3.05) is 0 Å². The first-order valence-electron chi connectivity index (χ1n) is 3.45.